The summed E-state index contributed by atoms with van der Waals surface area (Å²) in [5.74, 6) is -1.51. The molecule has 16 heavy (non-hydrogen) atoms. The van der Waals surface area contributed by atoms with Crippen LogP contribution in [0.4, 0.5) is 0 Å². The van der Waals surface area contributed by atoms with Gasteiger partial charge in [-0.15, -0.1) is 0 Å². The molecule has 5 nitrogen and oxygen atoms in total. The maximum Gasteiger partial charge on any atom is 0.318 e. The zero-order valence-corrected chi connectivity index (χ0v) is 9.45. The number of nitrogens with one attached hydrogen (secondary N) is 2. The van der Waals surface area contributed by atoms with Gasteiger partial charge in [0.1, 0.15) is 5.92 Å². The number of hydrogen-bond acceptors (Lipinski definition) is 3. The number of rotatable bonds is 5. The van der Waals surface area contributed by atoms with Crippen LogP contribution in [-0.2, 0) is 20.9 Å². The fraction of sp³-hybridized carbons (Fsp3) is 0.455. The molecule has 0 radical (unpaired) electrons. The molecule has 1 amide bonds. The van der Waals surface area contributed by atoms with Gasteiger partial charge in [0.2, 0.25) is 5.91 Å². The molecule has 5 heteroatoms. The summed E-state index contributed by atoms with van der Waals surface area (Å²) in [6.07, 6.45) is 4.00. The van der Waals surface area contributed by atoms with Gasteiger partial charge in [0, 0.05) is 18.9 Å². The molecule has 88 valence electrons. The van der Waals surface area contributed by atoms with Gasteiger partial charge in [0.05, 0.1) is 7.11 Å². The van der Waals surface area contributed by atoms with Crippen molar-refractivity contribution in [2.75, 3.05) is 7.11 Å². The molecule has 2 N–H and O–H groups in total. The normalized spacial score (nSPS) is 11.9. The minimum absolute atomic E-state index is 0.296. The highest BCUT2D eigenvalue weighted by atomic mass is 16.5. The number of aromatic amines is 1. The molecule has 0 aliphatic heterocycles. The molecule has 1 atom stereocenters. The van der Waals surface area contributed by atoms with Gasteiger partial charge in [-0.3, -0.25) is 9.59 Å². The van der Waals surface area contributed by atoms with Crippen molar-refractivity contribution in [3.8, 4) is 0 Å². The van der Waals surface area contributed by atoms with Gasteiger partial charge < -0.3 is 15.0 Å². The summed E-state index contributed by atoms with van der Waals surface area (Å²) in [7, 11) is 1.28. The summed E-state index contributed by atoms with van der Waals surface area (Å²) < 4.78 is 4.56. The maximum atomic E-state index is 11.6. The lowest BCUT2D eigenvalue weighted by Gasteiger charge is -2.12. The SMILES string of the molecule is CCC(C(=O)NCc1cc[nH]c1)C(=O)OC. The van der Waals surface area contributed by atoms with Crippen molar-refractivity contribution in [2.45, 2.75) is 19.9 Å². The van der Waals surface area contributed by atoms with E-state index in [4.69, 9.17) is 0 Å². The van der Waals surface area contributed by atoms with Gasteiger partial charge in [-0.25, -0.2) is 0 Å². The van der Waals surface area contributed by atoms with Gasteiger partial charge in [-0.2, -0.15) is 0 Å². The molecule has 0 spiro atoms. The first-order valence-electron chi connectivity index (χ1n) is 5.16. The number of carbonyl (C=O) groups excluding carboxylic acids is 2. The lowest BCUT2D eigenvalue weighted by molar-refractivity contribution is -0.150. The van der Waals surface area contributed by atoms with Crippen molar-refractivity contribution in [2.24, 2.45) is 5.92 Å². The Morgan fingerprint density at radius 2 is 2.31 bits per heavy atom. The summed E-state index contributed by atoms with van der Waals surface area (Å²) in [5.41, 5.74) is 0.966. The first kappa shape index (κ1) is 12.3. The second-order valence-corrected chi connectivity index (χ2v) is 3.42. The number of esters is 1. The quantitative estimate of drug-likeness (QED) is 0.575. The van der Waals surface area contributed by atoms with Crippen LogP contribution < -0.4 is 5.32 Å². The Labute approximate surface area is 94.2 Å². The number of aromatic nitrogens is 1. The molecule has 1 aromatic rings. The minimum atomic E-state index is -0.719. The van der Waals surface area contributed by atoms with E-state index in [0.29, 0.717) is 13.0 Å². The van der Waals surface area contributed by atoms with E-state index in [1.54, 1.807) is 19.3 Å². The van der Waals surface area contributed by atoms with E-state index in [2.05, 4.69) is 15.0 Å². The van der Waals surface area contributed by atoms with Gasteiger partial charge in [0.25, 0.3) is 0 Å². The predicted octanol–water partition coefficient (Wildman–Crippen LogP) is 0.830. The predicted molar refractivity (Wildman–Crippen MR) is 58.4 cm³/mol. The van der Waals surface area contributed by atoms with Crippen LogP contribution in [0.25, 0.3) is 0 Å². The number of H-pyrrole nitrogens is 1. The standard InChI is InChI=1S/C11H16N2O3/c1-3-9(11(15)16-2)10(14)13-7-8-4-5-12-6-8/h4-6,9,12H,3,7H2,1-2H3,(H,13,14). The van der Waals surface area contributed by atoms with E-state index < -0.39 is 11.9 Å². The highest BCUT2D eigenvalue weighted by Gasteiger charge is 2.24. The Morgan fingerprint density at radius 3 is 2.81 bits per heavy atom. The van der Waals surface area contributed by atoms with E-state index in [1.807, 2.05) is 6.07 Å². The minimum Gasteiger partial charge on any atom is -0.468 e. The Kier molecular flexibility index (Phi) is 4.57. The van der Waals surface area contributed by atoms with Crippen molar-refractivity contribution in [1.29, 1.82) is 0 Å². The van der Waals surface area contributed by atoms with Crippen LogP contribution in [0.1, 0.15) is 18.9 Å². The zero-order chi connectivity index (χ0) is 12.0. The molecular formula is C11H16N2O3. The molecule has 0 aliphatic rings. The second-order valence-electron chi connectivity index (χ2n) is 3.42. The fourth-order valence-electron chi connectivity index (χ4n) is 1.38. The van der Waals surface area contributed by atoms with Crippen LogP contribution in [0, 0.1) is 5.92 Å². The van der Waals surface area contributed by atoms with Crippen molar-refractivity contribution in [3.63, 3.8) is 0 Å². The Balaban J connectivity index is 2.47. The van der Waals surface area contributed by atoms with Gasteiger partial charge in [0.15, 0.2) is 0 Å². The number of methoxy groups -OCH3 is 1. The topological polar surface area (TPSA) is 71.2 Å². The largest absolute Gasteiger partial charge is 0.468 e. The van der Waals surface area contributed by atoms with Gasteiger partial charge >= 0.3 is 5.97 Å². The summed E-state index contributed by atoms with van der Waals surface area (Å²) >= 11 is 0. The van der Waals surface area contributed by atoms with Crippen molar-refractivity contribution < 1.29 is 14.3 Å². The Bertz CT molecular complexity index is 346. The molecule has 0 fully saturated rings. The van der Waals surface area contributed by atoms with Crippen molar-refractivity contribution in [3.05, 3.63) is 24.0 Å². The van der Waals surface area contributed by atoms with E-state index in [9.17, 15) is 9.59 Å². The molecule has 0 saturated carbocycles. The van der Waals surface area contributed by atoms with Crippen molar-refractivity contribution >= 4 is 11.9 Å². The summed E-state index contributed by atoms with van der Waals surface area (Å²) in [6, 6.07) is 1.86. The highest BCUT2D eigenvalue weighted by molar-refractivity contribution is 5.97. The molecule has 0 bridgehead atoms. The monoisotopic (exact) mass is 224 g/mol. The van der Waals surface area contributed by atoms with Crippen LogP contribution in [0.15, 0.2) is 18.5 Å². The lowest BCUT2D eigenvalue weighted by Crippen LogP contribution is -2.35. The van der Waals surface area contributed by atoms with E-state index >= 15 is 0 Å². The first-order valence-corrected chi connectivity index (χ1v) is 5.16. The van der Waals surface area contributed by atoms with E-state index in [0.717, 1.165) is 5.56 Å². The third-order valence-electron chi connectivity index (χ3n) is 2.34. The third kappa shape index (κ3) is 3.12. The highest BCUT2D eigenvalue weighted by Crippen LogP contribution is 2.05. The Hall–Kier alpha value is -1.78. The number of carbonyl (C=O) groups is 2. The van der Waals surface area contributed by atoms with Gasteiger partial charge in [-0.1, -0.05) is 6.92 Å². The average molecular weight is 224 g/mol. The molecular weight excluding hydrogens is 208 g/mol. The van der Waals surface area contributed by atoms with Crippen LogP contribution in [0.5, 0.6) is 0 Å². The second kappa shape index (κ2) is 5.95. The van der Waals surface area contributed by atoms with Crippen LogP contribution >= 0.6 is 0 Å². The summed E-state index contributed by atoms with van der Waals surface area (Å²) in [4.78, 5) is 25.8. The molecule has 1 aromatic heterocycles. The van der Waals surface area contributed by atoms with E-state index in [-0.39, 0.29) is 5.91 Å². The molecule has 1 rings (SSSR count). The molecule has 0 aliphatic carbocycles. The molecule has 0 saturated heterocycles. The first-order chi connectivity index (χ1) is 7.69. The van der Waals surface area contributed by atoms with Crippen LogP contribution in [0.2, 0.25) is 0 Å². The zero-order valence-electron chi connectivity index (χ0n) is 9.45. The molecule has 1 unspecified atom stereocenters. The van der Waals surface area contributed by atoms with Crippen LogP contribution in [0.3, 0.4) is 0 Å². The van der Waals surface area contributed by atoms with Gasteiger partial charge in [-0.05, 0) is 18.1 Å². The number of hydrogen-bond donors (Lipinski definition) is 2. The van der Waals surface area contributed by atoms with Crippen LogP contribution in [-0.4, -0.2) is 24.0 Å². The Morgan fingerprint density at radius 1 is 1.56 bits per heavy atom. The average Bonchev–Trinajstić information content (AvgIpc) is 2.79. The number of ether oxygens (including phenoxy) is 1. The smallest absolute Gasteiger partial charge is 0.318 e. The third-order valence-corrected chi connectivity index (χ3v) is 2.34. The summed E-state index contributed by atoms with van der Waals surface area (Å²) in [5, 5.41) is 2.69. The molecule has 1 heterocycles. The number of amides is 1. The van der Waals surface area contributed by atoms with E-state index in [1.165, 1.54) is 7.11 Å². The fourth-order valence-corrected chi connectivity index (χ4v) is 1.38. The van der Waals surface area contributed by atoms with Crippen molar-refractivity contribution in [1.82, 2.24) is 10.3 Å². The maximum absolute atomic E-state index is 11.6. The molecule has 0 aromatic carbocycles. The summed E-state index contributed by atoms with van der Waals surface area (Å²) in [6.45, 7) is 2.19. The lowest BCUT2D eigenvalue weighted by atomic mass is 10.1.